The zero-order valence-corrected chi connectivity index (χ0v) is 17.4. The van der Waals surface area contributed by atoms with Crippen LogP contribution < -0.4 is 0 Å². The van der Waals surface area contributed by atoms with Gasteiger partial charge in [0.15, 0.2) is 0 Å². The van der Waals surface area contributed by atoms with Gasteiger partial charge in [0.1, 0.15) is 0 Å². The van der Waals surface area contributed by atoms with E-state index in [1.807, 2.05) is 0 Å². The van der Waals surface area contributed by atoms with Crippen molar-refractivity contribution < 1.29 is 17.3 Å². The van der Waals surface area contributed by atoms with Gasteiger partial charge < -0.3 is 4.74 Å². The predicted octanol–water partition coefficient (Wildman–Crippen LogP) is 2.95. The Bertz CT molecular complexity index is 896. The monoisotopic (exact) mass is 402 g/mol. The second-order valence-corrected chi connectivity index (χ2v) is 13.3. The van der Waals surface area contributed by atoms with Crippen molar-refractivity contribution in [2.24, 2.45) is 76.9 Å². The van der Waals surface area contributed by atoms with E-state index in [0.717, 1.165) is 47.3 Å². The minimum absolute atomic E-state index is 0.112. The molecule has 0 radical (unpaired) electrons. The summed E-state index contributed by atoms with van der Waals surface area (Å²) in [6.45, 7) is 2.23. The highest BCUT2D eigenvalue weighted by molar-refractivity contribution is 7.86. The van der Waals surface area contributed by atoms with Crippen LogP contribution in [0.25, 0.3) is 0 Å². The van der Waals surface area contributed by atoms with Crippen molar-refractivity contribution in [1.82, 2.24) is 0 Å². The first-order valence-corrected chi connectivity index (χ1v) is 13.5. The van der Waals surface area contributed by atoms with E-state index >= 15 is 0 Å². The fourth-order valence-corrected chi connectivity index (χ4v) is 11.9. The molecule has 4 nitrogen and oxygen atoms in total. The highest BCUT2D eigenvalue weighted by Gasteiger charge is 2.78. The lowest BCUT2D eigenvalue weighted by molar-refractivity contribution is -0.0249. The molecule has 0 amide bonds. The van der Waals surface area contributed by atoms with E-state index in [-0.39, 0.29) is 6.10 Å². The molecule has 16 unspecified atom stereocenters. The van der Waals surface area contributed by atoms with Gasteiger partial charge in [-0.3, -0.25) is 4.18 Å². The molecule has 2 saturated heterocycles. The summed E-state index contributed by atoms with van der Waals surface area (Å²) >= 11 is 0. The molecule has 0 N–H and O–H groups in total. The van der Waals surface area contributed by atoms with Crippen LogP contribution in [0, 0.1) is 76.9 Å². The van der Waals surface area contributed by atoms with Crippen LogP contribution in [0.15, 0.2) is 12.2 Å². The van der Waals surface area contributed by atoms with Crippen LogP contribution in [-0.4, -0.2) is 33.0 Å². The Morgan fingerprint density at radius 1 is 0.786 bits per heavy atom. The first-order valence-electron chi connectivity index (χ1n) is 11.6. The van der Waals surface area contributed by atoms with Crippen molar-refractivity contribution >= 4 is 10.1 Å². The van der Waals surface area contributed by atoms with Gasteiger partial charge in [-0.2, -0.15) is 8.42 Å². The van der Waals surface area contributed by atoms with Crippen LogP contribution in [0.4, 0.5) is 0 Å². The minimum atomic E-state index is -3.40. The Labute approximate surface area is 167 Å². The lowest BCUT2D eigenvalue weighted by Gasteiger charge is -2.49. The largest absolute Gasteiger partial charge is 0.374 e. The van der Waals surface area contributed by atoms with E-state index in [9.17, 15) is 8.42 Å². The van der Waals surface area contributed by atoms with E-state index in [0.29, 0.717) is 41.8 Å². The quantitative estimate of drug-likeness (QED) is 0.405. The third kappa shape index (κ3) is 1.63. The molecule has 5 saturated carbocycles. The zero-order chi connectivity index (χ0) is 18.7. The van der Waals surface area contributed by atoms with E-state index in [2.05, 4.69) is 19.1 Å². The molecule has 2 aliphatic heterocycles. The second-order valence-electron chi connectivity index (χ2n) is 11.7. The number of rotatable bonds is 2. The molecule has 8 bridgehead atoms. The molecule has 0 aromatic heterocycles. The minimum Gasteiger partial charge on any atom is -0.374 e. The Morgan fingerprint density at radius 2 is 1.32 bits per heavy atom. The third-order valence-electron chi connectivity index (χ3n) is 11.3. The van der Waals surface area contributed by atoms with E-state index in [4.69, 9.17) is 8.92 Å². The molecule has 2 heterocycles. The first-order chi connectivity index (χ1) is 13.4. The molecule has 16 atom stereocenters. The van der Waals surface area contributed by atoms with Gasteiger partial charge in [0.05, 0.1) is 24.6 Å². The van der Waals surface area contributed by atoms with Gasteiger partial charge in [0.2, 0.25) is 0 Å². The Morgan fingerprint density at radius 3 is 1.93 bits per heavy atom. The van der Waals surface area contributed by atoms with Crippen molar-refractivity contribution in [3.63, 3.8) is 0 Å². The molecule has 28 heavy (non-hydrogen) atoms. The van der Waals surface area contributed by atoms with Crippen LogP contribution >= 0.6 is 0 Å². The van der Waals surface area contributed by atoms with Crippen molar-refractivity contribution in [1.29, 1.82) is 0 Å². The Balaban J connectivity index is 1.16. The summed E-state index contributed by atoms with van der Waals surface area (Å²) in [7, 11) is -3.40. The van der Waals surface area contributed by atoms with Gasteiger partial charge in [-0.15, -0.1) is 0 Å². The molecule has 152 valence electrons. The number of allylic oxidation sites excluding steroid dienone is 2. The zero-order valence-electron chi connectivity index (χ0n) is 16.6. The topological polar surface area (TPSA) is 52.6 Å². The molecule has 0 spiro atoms. The predicted molar refractivity (Wildman–Crippen MR) is 102 cm³/mol. The van der Waals surface area contributed by atoms with Crippen molar-refractivity contribution in [3.8, 4) is 0 Å². The summed E-state index contributed by atoms with van der Waals surface area (Å²) in [5.41, 5.74) is 0. The maximum absolute atomic E-state index is 11.9. The maximum Gasteiger partial charge on any atom is 0.264 e. The standard InChI is InChI=1S/C23H30O4S/c1-8-11-6-14(21(8)27-28(2,24)25)20-17(11)22-18-12-7-13(19(18)23(20)26-22)16-10-4-3-9(5-10)15(12)16/h3-4,8-23H,5-7H2,1-2H3. The second kappa shape index (κ2) is 4.75. The molecule has 7 fully saturated rings. The lowest BCUT2D eigenvalue weighted by Crippen LogP contribution is -2.52. The summed E-state index contributed by atoms with van der Waals surface area (Å²) in [5, 5.41) is 0. The summed E-state index contributed by atoms with van der Waals surface area (Å²) in [5.74, 6) is 9.55. The van der Waals surface area contributed by atoms with Gasteiger partial charge in [-0.1, -0.05) is 19.1 Å². The van der Waals surface area contributed by atoms with Crippen molar-refractivity contribution in [3.05, 3.63) is 12.2 Å². The fraction of sp³-hybridized carbons (Fsp3) is 0.913. The van der Waals surface area contributed by atoms with Crippen LogP contribution in [0.3, 0.4) is 0 Å². The van der Waals surface area contributed by atoms with Gasteiger partial charge in [0, 0.05) is 0 Å². The Kier molecular flexibility index (Phi) is 2.77. The summed E-state index contributed by atoms with van der Waals surface area (Å²) < 4.78 is 36.2. The van der Waals surface area contributed by atoms with E-state index < -0.39 is 10.1 Å². The summed E-state index contributed by atoms with van der Waals surface area (Å²) in [6.07, 6.45) is 11.1. The van der Waals surface area contributed by atoms with Crippen molar-refractivity contribution in [2.45, 2.75) is 44.5 Å². The molecule has 8 aliphatic rings. The van der Waals surface area contributed by atoms with Gasteiger partial charge >= 0.3 is 0 Å². The maximum atomic E-state index is 11.9. The lowest BCUT2D eigenvalue weighted by atomic mass is 9.54. The summed E-state index contributed by atoms with van der Waals surface area (Å²) in [4.78, 5) is 0. The molecular formula is C23H30O4S. The molecule has 8 rings (SSSR count). The normalized spacial score (nSPS) is 68.8. The van der Waals surface area contributed by atoms with Gasteiger partial charge in [0.25, 0.3) is 10.1 Å². The average molecular weight is 403 g/mol. The molecule has 0 aromatic carbocycles. The van der Waals surface area contributed by atoms with Crippen LogP contribution in [0.2, 0.25) is 0 Å². The molecule has 5 heteroatoms. The highest BCUT2D eigenvalue weighted by atomic mass is 32.2. The fourth-order valence-electron chi connectivity index (χ4n) is 11.2. The van der Waals surface area contributed by atoms with E-state index in [1.54, 1.807) is 0 Å². The molecule has 0 aromatic rings. The number of fused-ring (bicyclic) bond motifs is 23. The van der Waals surface area contributed by atoms with Gasteiger partial charge in [-0.05, 0) is 96.2 Å². The van der Waals surface area contributed by atoms with Crippen LogP contribution in [-0.2, 0) is 19.0 Å². The average Bonchev–Trinajstić information content (AvgIpc) is 3.43. The first kappa shape index (κ1) is 16.3. The molecule has 6 aliphatic carbocycles. The van der Waals surface area contributed by atoms with E-state index in [1.165, 1.54) is 25.5 Å². The van der Waals surface area contributed by atoms with Crippen LogP contribution in [0.5, 0.6) is 0 Å². The highest BCUT2D eigenvalue weighted by Crippen LogP contribution is 2.77. The third-order valence-corrected chi connectivity index (χ3v) is 11.8. The summed E-state index contributed by atoms with van der Waals surface area (Å²) in [6, 6.07) is 0. The smallest absolute Gasteiger partial charge is 0.264 e. The number of hydrogen-bond acceptors (Lipinski definition) is 4. The number of hydrogen-bond donors (Lipinski definition) is 0. The molecular weight excluding hydrogens is 372 g/mol. The SMILES string of the molecule is CC1C2CC(C1OS(C)(=O)=O)C1C3OC(C21)C1C2CC(C4C5C=CC(C5)C24)C31. The van der Waals surface area contributed by atoms with Crippen LogP contribution in [0.1, 0.15) is 26.2 Å². The number of ether oxygens (including phenoxy) is 1. The van der Waals surface area contributed by atoms with Gasteiger partial charge in [-0.25, -0.2) is 0 Å². The Hall–Kier alpha value is -0.390. The van der Waals surface area contributed by atoms with Crippen molar-refractivity contribution in [2.75, 3.05) is 6.26 Å².